The molecule has 1 aliphatic rings. The van der Waals surface area contributed by atoms with Gasteiger partial charge in [-0.15, -0.1) is 0 Å². The van der Waals surface area contributed by atoms with Crippen LogP contribution in [0.3, 0.4) is 0 Å². The normalized spacial score (nSPS) is 14.2. The van der Waals surface area contributed by atoms with E-state index in [1.165, 1.54) is 4.90 Å². The summed E-state index contributed by atoms with van der Waals surface area (Å²) >= 11 is 2.25. The number of halogens is 1. The molecule has 1 heterocycles. The van der Waals surface area contributed by atoms with E-state index in [0.717, 1.165) is 9.99 Å². The van der Waals surface area contributed by atoms with Gasteiger partial charge in [0.15, 0.2) is 0 Å². The van der Waals surface area contributed by atoms with Crippen LogP contribution in [0.1, 0.15) is 49.5 Å². The van der Waals surface area contributed by atoms with Crippen molar-refractivity contribution in [1.82, 2.24) is 4.90 Å². The van der Waals surface area contributed by atoms with Gasteiger partial charge < -0.3 is 29.6 Å². The Morgan fingerprint density at radius 1 is 1.12 bits per heavy atom. The lowest BCUT2D eigenvalue weighted by atomic mass is 10.1. The van der Waals surface area contributed by atoms with Gasteiger partial charge in [0.05, 0.1) is 26.4 Å². The number of carbonyl (C=O) groups is 3. The smallest absolute Gasteiger partial charge is 0.306 e. The average molecular weight is 576 g/mol. The standard InChI is InChI=1S/C23H33IN2O7/c1-23(2,3)33-20(27)7-6-19(21(25)28)26-15-16-4-5-17(14-18(16)22(26)29)32-13-12-31-11-10-30-9-8-24/h4-5,14,19H,6-13,15H2,1-3H3,(H2,25,28). The molecule has 33 heavy (non-hydrogen) atoms. The third-order valence-electron chi connectivity index (χ3n) is 4.75. The van der Waals surface area contributed by atoms with E-state index in [1.54, 1.807) is 39.0 Å². The number of ether oxygens (including phenoxy) is 4. The third-order valence-corrected chi connectivity index (χ3v) is 5.19. The zero-order valence-electron chi connectivity index (χ0n) is 19.4. The number of carbonyl (C=O) groups excluding carboxylic acids is 3. The topological polar surface area (TPSA) is 117 Å². The maximum absolute atomic E-state index is 13.0. The fourth-order valence-corrected chi connectivity index (χ4v) is 3.65. The van der Waals surface area contributed by atoms with Crippen molar-refractivity contribution in [3.8, 4) is 5.75 Å². The largest absolute Gasteiger partial charge is 0.491 e. The van der Waals surface area contributed by atoms with Crippen LogP contribution in [0.4, 0.5) is 0 Å². The van der Waals surface area contributed by atoms with Crippen molar-refractivity contribution in [3.05, 3.63) is 29.3 Å². The van der Waals surface area contributed by atoms with Gasteiger partial charge in [-0.25, -0.2) is 0 Å². The molecule has 1 aromatic rings. The van der Waals surface area contributed by atoms with E-state index >= 15 is 0 Å². The van der Waals surface area contributed by atoms with Gasteiger partial charge in [0.1, 0.15) is 24.0 Å². The van der Waals surface area contributed by atoms with E-state index in [0.29, 0.717) is 44.3 Å². The van der Waals surface area contributed by atoms with Crippen molar-refractivity contribution < 1.29 is 33.3 Å². The maximum Gasteiger partial charge on any atom is 0.306 e. The molecule has 184 valence electrons. The summed E-state index contributed by atoms with van der Waals surface area (Å²) in [4.78, 5) is 38.5. The molecular formula is C23H33IN2O7. The second kappa shape index (κ2) is 13.1. The van der Waals surface area contributed by atoms with Crippen molar-refractivity contribution in [2.75, 3.05) is 37.5 Å². The molecule has 0 spiro atoms. The zero-order valence-corrected chi connectivity index (χ0v) is 21.6. The van der Waals surface area contributed by atoms with Gasteiger partial charge in [-0.2, -0.15) is 0 Å². The van der Waals surface area contributed by atoms with Crippen LogP contribution in [0.15, 0.2) is 18.2 Å². The van der Waals surface area contributed by atoms with Gasteiger partial charge in [0, 0.05) is 23.0 Å². The molecule has 2 rings (SSSR count). The Hall–Kier alpha value is -1.92. The van der Waals surface area contributed by atoms with Crippen LogP contribution in [0, 0.1) is 0 Å². The number of primary amides is 1. The molecule has 2 N–H and O–H groups in total. The summed E-state index contributed by atoms with van der Waals surface area (Å²) in [6.45, 7) is 8.04. The minimum atomic E-state index is -0.899. The monoisotopic (exact) mass is 576 g/mol. The molecule has 1 atom stereocenters. The van der Waals surface area contributed by atoms with Gasteiger partial charge in [0.2, 0.25) is 5.91 Å². The number of alkyl halides is 1. The number of nitrogens with two attached hydrogens (primary N) is 1. The summed E-state index contributed by atoms with van der Waals surface area (Å²) in [5.41, 5.74) is 6.17. The van der Waals surface area contributed by atoms with E-state index in [9.17, 15) is 14.4 Å². The molecular weight excluding hydrogens is 543 g/mol. The molecule has 0 aliphatic carbocycles. The third kappa shape index (κ3) is 9.09. The fraction of sp³-hybridized carbons (Fsp3) is 0.609. The number of fused-ring (bicyclic) bond motifs is 1. The molecule has 0 saturated heterocycles. The van der Waals surface area contributed by atoms with Crippen molar-refractivity contribution in [2.45, 2.75) is 51.8 Å². The Kier molecular flexibility index (Phi) is 10.8. The van der Waals surface area contributed by atoms with Crippen molar-refractivity contribution in [3.63, 3.8) is 0 Å². The summed E-state index contributed by atoms with van der Waals surface area (Å²) in [7, 11) is 0. The van der Waals surface area contributed by atoms with Crippen LogP contribution in [0.5, 0.6) is 5.75 Å². The minimum Gasteiger partial charge on any atom is -0.491 e. The summed E-state index contributed by atoms with van der Waals surface area (Å²) < 4.78 is 22.7. The molecule has 0 saturated carbocycles. The predicted octanol–water partition coefficient (Wildman–Crippen LogP) is 2.47. The van der Waals surface area contributed by atoms with E-state index in [4.69, 9.17) is 24.7 Å². The van der Waals surface area contributed by atoms with Crippen LogP contribution >= 0.6 is 22.6 Å². The number of hydrogen-bond acceptors (Lipinski definition) is 7. The zero-order chi connectivity index (χ0) is 24.4. The molecule has 1 aromatic carbocycles. The van der Waals surface area contributed by atoms with E-state index < -0.39 is 23.5 Å². The maximum atomic E-state index is 13.0. The minimum absolute atomic E-state index is 0.0114. The number of rotatable bonds is 14. The van der Waals surface area contributed by atoms with Crippen LogP contribution in [0.25, 0.3) is 0 Å². The van der Waals surface area contributed by atoms with Gasteiger partial charge in [-0.1, -0.05) is 28.7 Å². The van der Waals surface area contributed by atoms with Crippen LogP contribution < -0.4 is 10.5 Å². The number of benzene rings is 1. The van der Waals surface area contributed by atoms with Crippen molar-refractivity contribution >= 4 is 40.4 Å². The fourth-order valence-electron chi connectivity index (χ4n) is 3.34. The number of amides is 2. The average Bonchev–Trinajstić information content (AvgIpc) is 3.04. The first-order valence-corrected chi connectivity index (χ1v) is 12.4. The highest BCUT2D eigenvalue weighted by Crippen LogP contribution is 2.29. The molecule has 1 aliphatic heterocycles. The Labute approximate surface area is 208 Å². The van der Waals surface area contributed by atoms with Gasteiger partial charge in [0.25, 0.3) is 5.91 Å². The highest BCUT2D eigenvalue weighted by Gasteiger charge is 2.36. The second-order valence-electron chi connectivity index (χ2n) is 8.56. The first-order chi connectivity index (χ1) is 15.6. The first kappa shape index (κ1) is 27.3. The second-order valence-corrected chi connectivity index (χ2v) is 9.64. The quantitative estimate of drug-likeness (QED) is 0.157. The molecule has 9 nitrogen and oxygen atoms in total. The number of esters is 1. The molecule has 0 fully saturated rings. The van der Waals surface area contributed by atoms with Crippen LogP contribution in [0.2, 0.25) is 0 Å². The lowest BCUT2D eigenvalue weighted by Gasteiger charge is -2.25. The first-order valence-electron chi connectivity index (χ1n) is 10.9. The Bertz CT molecular complexity index is 826. The Morgan fingerprint density at radius 3 is 2.42 bits per heavy atom. The van der Waals surface area contributed by atoms with Crippen LogP contribution in [-0.4, -0.2) is 71.8 Å². The summed E-state index contributed by atoms with van der Waals surface area (Å²) in [5.74, 6) is -0.867. The molecule has 10 heteroatoms. The summed E-state index contributed by atoms with van der Waals surface area (Å²) in [6, 6.07) is 4.34. The van der Waals surface area contributed by atoms with E-state index in [-0.39, 0.29) is 25.3 Å². The highest BCUT2D eigenvalue weighted by molar-refractivity contribution is 14.1. The predicted molar refractivity (Wildman–Crippen MR) is 130 cm³/mol. The van der Waals surface area contributed by atoms with Gasteiger partial charge in [-0.3, -0.25) is 14.4 Å². The van der Waals surface area contributed by atoms with Crippen molar-refractivity contribution in [2.24, 2.45) is 5.73 Å². The molecule has 0 aromatic heterocycles. The van der Waals surface area contributed by atoms with E-state index in [2.05, 4.69) is 22.6 Å². The number of nitrogens with zero attached hydrogens (tertiary/aromatic N) is 1. The lowest BCUT2D eigenvalue weighted by Crippen LogP contribution is -2.45. The van der Waals surface area contributed by atoms with Gasteiger partial charge >= 0.3 is 5.97 Å². The van der Waals surface area contributed by atoms with Crippen molar-refractivity contribution in [1.29, 1.82) is 0 Å². The SMILES string of the molecule is CC(C)(C)OC(=O)CCC(C(N)=O)N1Cc2ccc(OCCOCCOCCI)cc2C1=O. The number of hydrogen-bond donors (Lipinski definition) is 1. The molecule has 0 radical (unpaired) electrons. The molecule has 2 amide bonds. The summed E-state index contributed by atoms with van der Waals surface area (Å²) in [6.07, 6.45) is 0.0920. The highest BCUT2D eigenvalue weighted by atomic mass is 127. The Morgan fingerprint density at radius 2 is 1.79 bits per heavy atom. The Balaban J connectivity index is 1.88. The van der Waals surface area contributed by atoms with Crippen LogP contribution in [-0.2, 0) is 30.3 Å². The summed E-state index contributed by atoms with van der Waals surface area (Å²) in [5, 5.41) is 0. The molecule has 1 unspecified atom stereocenters. The molecule has 0 bridgehead atoms. The lowest BCUT2D eigenvalue weighted by molar-refractivity contribution is -0.155. The van der Waals surface area contributed by atoms with E-state index in [1.807, 2.05) is 0 Å². The van der Waals surface area contributed by atoms with Gasteiger partial charge in [-0.05, 0) is 44.9 Å².